The van der Waals surface area contributed by atoms with Crippen molar-refractivity contribution in [1.29, 1.82) is 0 Å². The third-order valence-corrected chi connectivity index (χ3v) is 5.78. The van der Waals surface area contributed by atoms with Crippen molar-refractivity contribution in [2.45, 2.75) is 51.5 Å². The number of nitrogens with zero attached hydrogens (tertiary/aromatic N) is 2. The van der Waals surface area contributed by atoms with E-state index >= 15 is 0 Å². The summed E-state index contributed by atoms with van der Waals surface area (Å²) >= 11 is 0. The molecule has 1 aromatic rings. The van der Waals surface area contributed by atoms with Crippen LogP contribution in [0, 0.1) is 6.92 Å². The first-order valence-corrected chi connectivity index (χ1v) is 13.6. The van der Waals surface area contributed by atoms with Gasteiger partial charge >= 0.3 is 6.01 Å². The Balaban J connectivity index is 2.54. The average Bonchev–Trinajstić information content (AvgIpc) is 2.67. The van der Waals surface area contributed by atoms with Gasteiger partial charge in [-0.05, 0) is 20.3 Å². The number of aryl methyl sites for hydroxylation is 1. The molecule has 0 radical (unpaired) electrons. The smallest absolute Gasteiger partial charge is 0.301 e. The van der Waals surface area contributed by atoms with Crippen molar-refractivity contribution >= 4 is 20.2 Å². The van der Waals surface area contributed by atoms with E-state index in [2.05, 4.69) is 4.98 Å². The number of unbranched alkanes of at least 4 members (excludes halogenated alkanes) is 1. The first-order valence-electron chi connectivity index (χ1n) is 9.97. The molecule has 2 atom stereocenters. The van der Waals surface area contributed by atoms with E-state index in [1.165, 1.54) is 10.8 Å². The van der Waals surface area contributed by atoms with Gasteiger partial charge in [0.15, 0.2) is 0 Å². The molecule has 0 aromatic carbocycles. The summed E-state index contributed by atoms with van der Waals surface area (Å²) < 4.78 is 76.2. The molecule has 2 heterocycles. The lowest BCUT2D eigenvalue weighted by Gasteiger charge is -2.42. The molecule has 2 rings (SSSR count). The maximum Gasteiger partial charge on any atom is 0.301 e. The van der Waals surface area contributed by atoms with Gasteiger partial charge < -0.3 is 14.2 Å². The van der Waals surface area contributed by atoms with Crippen molar-refractivity contribution in [3.05, 3.63) is 22.1 Å². The van der Waals surface area contributed by atoms with E-state index in [0.717, 1.165) is 18.9 Å². The Hall–Kier alpha value is -1.58. The molecule has 1 aromatic heterocycles. The van der Waals surface area contributed by atoms with E-state index < -0.39 is 56.9 Å². The highest BCUT2D eigenvalue weighted by atomic mass is 32.2. The Morgan fingerprint density at radius 1 is 1.19 bits per heavy atom. The molecular weight excluding hydrogens is 468 g/mol. The van der Waals surface area contributed by atoms with Gasteiger partial charge in [0, 0.05) is 18.4 Å². The fourth-order valence-corrected chi connectivity index (χ4v) is 3.80. The molecule has 184 valence electrons. The Kier molecular flexibility index (Phi) is 8.81. The molecule has 1 aliphatic rings. The molecule has 0 bridgehead atoms. The fraction of sp³-hybridized carbons (Fsp3) is 0.778. The van der Waals surface area contributed by atoms with Gasteiger partial charge in [0.05, 0.1) is 12.5 Å². The van der Waals surface area contributed by atoms with Gasteiger partial charge in [0.2, 0.25) is 0 Å². The Morgan fingerprint density at radius 2 is 1.78 bits per heavy atom. The zero-order chi connectivity index (χ0) is 24.2. The van der Waals surface area contributed by atoms with Gasteiger partial charge in [-0.25, -0.2) is 0 Å². The second kappa shape index (κ2) is 10.6. The second-order valence-corrected chi connectivity index (χ2v) is 10.9. The minimum Gasteiger partial charge on any atom is -0.462 e. The molecule has 0 saturated carbocycles. The van der Waals surface area contributed by atoms with Crippen molar-refractivity contribution in [2.75, 3.05) is 38.9 Å². The first kappa shape index (κ1) is 26.7. The first-order chi connectivity index (χ1) is 14.8. The molecule has 0 saturated heterocycles. The maximum atomic E-state index is 12.0. The van der Waals surface area contributed by atoms with Gasteiger partial charge in [-0.3, -0.25) is 17.7 Å². The van der Waals surface area contributed by atoms with Crippen LogP contribution in [0.4, 0.5) is 0 Å². The summed E-state index contributed by atoms with van der Waals surface area (Å²) in [6, 6.07) is -0.0149. The molecule has 0 aliphatic carbocycles. The van der Waals surface area contributed by atoms with Crippen molar-refractivity contribution in [3.8, 4) is 6.01 Å². The number of rotatable bonds is 10. The second-order valence-electron chi connectivity index (χ2n) is 7.66. The van der Waals surface area contributed by atoms with Crippen LogP contribution in [0.5, 0.6) is 6.01 Å². The van der Waals surface area contributed by atoms with E-state index in [1.807, 2.05) is 6.92 Å². The molecule has 0 amide bonds. The number of hydrogen-bond donors (Lipinski definition) is 0. The van der Waals surface area contributed by atoms with Crippen molar-refractivity contribution in [2.24, 2.45) is 0 Å². The minimum absolute atomic E-state index is 0.0149. The standard InChI is InChI=1S/C18H30N2O10S2/c1-6-7-8-26-15-10-27-17-19-16(21)13(2)9-20(17)14(3)30-18(15,11-28-31(4,22)23)12-29-32(5,24)25/h9,14-15H,6-8,10-12H2,1-5H3/t14?,15-/m1/s1. The SMILES string of the molecule is CCCCO[C@@H]1COc2nc(=O)c(C)cn2C(C)OC1(COS(C)(=O)=O)COS(C)(=O)=O. The van der Waals surface area contributed by atoms with Crippen LogP contribution in [0.2, 0.25) is 0 Å². The highest BCUT2D eigenvalue weighted by Gasteiger charge is 2.47. The number of aromatic nitrogens is 2. The minimum atomic E-state index is -3.92. The van der Waals surface area contributed by atoms with E-state index in [1.54, 1.807) is 13.8 Å². The highest BCUT2D eigenvalue weighted by Crippen LogP contribution is 2.32. The van der Waals surface area contributed by atoms with Gasteiger partial charge in [0.1, 0.15) is 37.8 Å². The lowest BCUT2D eigenvalue weighted by atomic mass is 9.98. The van der Waals surface area contributed by atoms with Crippen molar-refractivity contribution in [1.82, 2.24) is 9.55 Å². The molecule has 0 fully saturated rings. The van der Waals surface area contributed by atoms with Crippen LogP contribution < -0.4 is 10.3 Å². The molecule has 14 heteroatoms. The molecular formula is C18H30N2O10S2. The quantitative estimate of drug-likeness (QED) is 0.325. The molecule has 12 nitrogen and oxygen atoms in total. The zero-order valence-corrected chi connectivity index (χ0v) is 20.4. The molecule has 0 N–H and O–H groups in total. The Morgan fingerprint density at radius 3 is 2.31 bits per heavy atom. The summed E-state index contributed by atoms with van der Waals surface area (Å²) in [6.45, 7) is 3.97. The van der Waals surface area contributed by atoms with Gasteiger partial charge in [-0.15, -0.1) is 0 Å². The average molecular weight is 499 g/mol. The number of fused-ring (bicyclic) bond motifs is 1. The molecule has 0 spiro atoms. The van der Waals surface area contributed by atoms with Gasteiger partial charge in [0.25, 0.3) is 25.8 Å². The van der Waals surface area contributed by atoms with E-state index in [-0.39, 0.29) is 19.2 Å². The number of hydrogen-bond acceptors (Lipinski definition) is 11. The summed E-state index contributed by atoms with van der Waals surface area (Å²) in [5, 5.41) is 0. The van der Waals surface area contributed by atoms with Gasteiger partial charge in [-0.1, -0.05) is 13.3 Å². The maximum absolute atomic E-state index is 12.0. The predicted molar refractivity (Wildman–Crippen MR) is 113 cm³/mol. The third kappa shape index (κ3) is 7.49. The van der Waals surface area contributed by atoms with Crippen LogP contribution in [-0.4, -0.2) is 77.0 Å². The van der Waals surface area contributed by atoms with Crippen molar-refractivity contribution in [3.63, 3.8) is 0 Å². The normalized spacial score (nSPS) is 21.3. The summed E-state index contributed by atoms with van der Waals surface area (Å²) in [7, 11) is -7.83. The lowest BCUT2D eigenvalue weighted by Crippen LogP contribution is -2.58. The summed E-state index contributed by atoms with van der Waals surface area (Å²) in [5.74, 6) is 0. The molecule has 1 aliphatic heterocycles. The largest absolute Gasteiger partial charge is 0.462 e. The van der Waals surface area contributed by atoms with Crippen LogP contribution in [0.25, 0.3) is 0 Å². The topological polar surface area (TPSA) is 149 Å². The Labute approximate surface area is 188 Å². The molecule has 32 heavy (non-hydrogen) atoms. The van der Waals surface area contributed by atoms with Crippen LogP contribution in [0.15, 0.2) is 11.0 Å². The zero-order valence-electron chi connectivity index (χ0n) is 18.8. The van der Waals surface area contributed by atoms with Crippen LogP contribution in [0.1, 0.15) is 38.5 Å². The van der Waals surface area contributed by atoms with E-state index in [9.17, 15) is 21.6 Å². The lowest BCUT2D eigenvalue weighted by molar-refractivity contribution is -0.227. The van der Waals surface area contributed by atoms with Crippen LogP contribution in [-0.2, 0) is 38.1 Å². The van der Waals surface area contributed by atoms with Crippen LogP contribution >= 0.6 is 0 Å². The number of ether oxygens (including phenoxy) is 3. The van der Waals surface area contributed by atoms with E-state index in [0.29, 0.717) is 12.0 Å². The summed E-state index contributed by atoms with van der Waals surface area (Å²) in [4.78, 5) is 15.9. The fourth-order valence-electron chi connectivity index (χ4n) is 2.97. The predicted octanol–water partition coefficient (Wildman–Crippen LogP) is 0.356. The van der Waals surface area contributed by atoms with Crippen LogP contribution in [0.3, 0.4) is 0 Å². The third-order valence-electron chi connectivity index (χ3n) is 4.69. The van der Waals surface area contributed by atoms with E-state index in [4.69, 9.17) is 22.6 Å². The summed E-state index contributed by atoms with van der Waals surface area (Å²) in [5.41, 5.74) is -1.83. The van der Waals surface area contributed by atoms with Gasteiger partial charge in [-0.2, -0.15) is 21.8 Å². The van der Waals surface area contributed by atoms with Crippen molar-refractivity contribution < 1.29 is 39.4 Å². The highest BCUT2D eigenvalue weighted by molar-refractivity contribution is 7.86. The Bertz CT molecular complexity index is 1020. The molecule has 1 unspecified atom stereocenters. The monoisotopic (exact) mass is 498 g/mol. The summed E-state index contributed by atoms with van der Waals surface area (Å²) in [6.07, 6.45) is 2.81.